The van der Waals surface area contributed by atoms with Crippen LogP contribution in [0, 0.1) is 23.0 Å². The van der Waals surface area contributed by atoms with Gasteiger partial charge >= 0.3 is 0 Å². The second-order valence-electron chi connectivity index (χ2n) is 4.69. The number of nitrogens with zero attached hydrogens (tertiary/aromatic N) is 1. The maximum absolute atomic E-state index is 13.6. The fourth-order valence-corrected chi connectivity index (χ4v) is 2.32. The van der Waals surface area contributed by atoms with Crippen LogP contribution in [0.2, 0.25) is 0 Å². The van der Waals surface area contributed by atoms with Gasteiger partial charge in [0.1, 0.15) is 23.3 Å². The van der Waals surface area contributed by atoms with Crippen molar-refractivity contribution < 1.29 is 8.78 Å². The van der Waals surface area contributed by atoms with Gasteiger partial charge in [-0.3, -0.25) is 0 Å². The highest BCUT2D eigenvalue weighted by Gasteiger charge is 2.14. The SMILES string of the molecule is CCCC1=CC=C(c2cc(F)c(C#N)c(F)c2)CC1. The zero-order chi connectivity index (χ0) is 13.8. The Morgan fingerprint density at radius 2 is 1.84 bits per heavy atom. The molecule has 0 bridgehead atoms. The van der Waals surface area contributed by atoms with Crippen molar-refractivity contribution in [2.75, 3.05) is 0 Å². The van der Waals surface area contributed by atoms with Crippen molar-refractivity contribution in [3.05, 3.63) is 52.6 Å². The minimum Gasteiger partial charge on any atom is -0.205 e. The molecule has 1 aromatic carbocycles. The molecular weight excluding hydrogens is 244 g/mol. The average molecular weight is 259 g/mol. The van der Waals surface area contributed by atoms with Gasteiger partial charge in [0, 0.05) is 0 Å². The van der Waals surface area contributed by atoms with E-state index in [-0.39, 0.29) is 0 Å². The first-order valence-corrected chi connectivity index (χ1v) is 6.43. The van der Waals surface area contributed by atoms with Crippen molar-refractivity contribution in [3.8, 4) is 6.07 Å². The van der Waals surface area contributed by atoms with E-state index in [1.165, 1.54) is 23.8 Å². The van der Waals surface area contributed by atoms with Crippen molar-refractivity contribution >= 4 is 5.57 Å². The van der Waals surface area contributed by atoms with Gasteiger partial charge in [0.15, 0.2) is 0 Å². The third-order valence-electron chi connectivity index (χ3n) is 3.33. The molecule has 0 fully saturated rings. The Balaban J connectivity index is 2.32. The van der Waals surface area contributed by atoms with Crippen LogP contribution in [0.3, 0.4) is 0 Å². The fourth-order valence-electron chi connectivity index (χ4n) is 2.32. The highest BCUT2D eigenvalue weighted by atomic mass is 19.1. The van der Waals surface area contributed by atoms with E-state index < -0.39 is 17.2 Å². The summed E-state index contributed by atoms with van der Waals surface area (Å²) in [4.78, 5) is 0. The van der Waals surface area contributed by atoms with E-state index in [9.17, 15) is 8.78 Å². The molecule has 0 spiro atoms. The summed E-state index contributed by atoms with van der Waals surface area (Å²) in [5.41, 5.74) is 2.31. The topological polar surface area (TPSA) is 23.8 Å². The standard InChI is InChI=1S/C16H15F2N/c1-2-3-11-4-6-12(7-5-11)13-8-15(17)14(10-19)16(18)9-13/h4,6,8-9H,2-3,5,7H2,1H3. The van der Waals surface area contributed by atoms with Crippen LogP contribution in [0.1, 0.15) is 43.7 Å². The van der Waals surface area contributed by atoms with E-state index in [0.29, 0.717) is 5.56 Å². The van der Waals surface area contributed by atoms with Crippen molar-refractivity contribution in [3.63, 3.8) is 0 Å². The molecule has 1 aliphatic rings. The molecular formula is C16H15F2N. The molecule has 0 amide bonds. The van der Waals surface area contributed by atoms with Gasteiger partial charge in [0.2, 0.25) is 0 Å². The van der Waals surface area contributed by atoms with Crippen LogP contribution in [0.25, 0.3) is 5.57 Å². The monoisotopic (exact) mass is 259 g/mol. The molecule has 1 nitrogen and oxygen atoms in total. The van der Waals surface area contributed by atoms with E-state index in [1.807, 2.05) is 12.2 Å². The van der Waals surface area contributed by atoms with Crippen LogP contribution in [0.5, 0.6) is 0 Å². The minimum absolute atomic E-state index is 0.512. The van der Waals surface area contributed by atoms with Crippen molar-refractivity contribution in [1.82, 2.24) is 0 Å². The van der Waals surface area contributed by atoms with Crippen molar-refractivity contribution in [1.29, 1.82) is 5.26 Å². The van der Waals surface area contributed by atoms with Crippen LogP contribution in [0.4, 0.5) is 8.78 Å². The average Bonchev–Trinajstić information content (AvgIpc) is 2.39. The highest BCUT2D eigenvalue weighted by Crippen LogP contribution is 2.30. The molecule has 98 valence electrons. The van der Waals surface area contributed by atoms with Crippen LogP contribution in [-0.4, -0.2) is 0 Å². The lowest BCUT2D eigenvalue weighted by molar-refractivity contribution is 0.576. The molecule has 0 N–H and O–H groups in total. The molecule has 1 aromatic rings. The summed E-state index contributed by atoms with van der Waals surface area (Å²) < 4.78 is 27.1. The second-order valence-corrected chi connectivity index (χ2v) is 4.69. The highest BCUT2D eigenvalue weighted by molar-refractivity contribution is 5.69. The zero-order valence-corrected chi connectivity index (χ0v) is 10.8. The summed E-state index contributed by atoms with van der Waals surface area (Å²) >= 11 is 0. The summed E-state index contributed by atoms with van der Waals surface area (Å²) in [6.45, 7) is 2.13. The van der Waals surface area contributed by atoms with Gasteiger partial charge in [-0.25, -0.2) is 8.78 Å². The summed E-state index contributed by atoms with van der Waals surface area (Å²) in [7, 11) is 0. The molecule has 2 rings (SSSR count). The number of nitriles is 1. The van der Waals surface area contributed by atoms with Crippen LogP contribution < -0.4 is 0 Å². The second kappa shape index (κ2) is 5.79. The van der Waals surface area contributed by atoms with E-state index in [2.05, 4.69) is 6.92 Å². The Morgan fingerprint density at radius 3 is 2.32 bits per heavy atom. The molecule has 19 heavy (non-hydrogen) atoms. The lowest BCUT2D eigenvalue weighted by Crippen LogP contribution is -1.98. The lowest BCUT2D eigenvalue weighted by Gasteiger charge is -2.15. The summed E-state index contributed by atoms with van der Waals surface area (Å²) in [5.74, 6) is -1.58. The zero-order valence-electron chi connectivity index (χ0n) is 10.8. The predicted octanol–water partition coefficient (Wildman–Crippen LogP) is 4.74. The molecule has 0 heterocycles. The fraction of sp³-hybridized carbons (Fsp3) is 0.312. The molecule has 3 heteroatoms. The van der Waals surface area contributed by atoms with Crippen LogP contribution in [-0.2, 0) is 0 Å². The Bertz CT molecular complexity index is 568. The minimum atomic E-state index is -0.790. The first kappa shape index (κ1) is 13.5. The molecule has 0 aromatic heterocycles. The van der Waals surface area contributed by atoms with Crippen LogP contribution >= 0.6 is 0 Å². The molecule has 0 unspecified atom stereocenters. The third kappa shape index (κ3) is 2.90. The normalized spacial score (nSPS) is 14.6. The Kier molecular flexibility index (Phi) is 4.11. The van der Waals surface area contributed by atoms with Crippen molar-refractivity contribution in [2.45, 2.75) is 32.6 Å². The van der Waals surface area contributed by atoms with Gasteiger partial charge in [-0.1, -0.05) is 31.1 Å². The maximum Gasteiger partial charge on any atom is 0.144 e. The van der Waals surface area contributed by atoms with E-state index >= 15 is 0 Å². The first-order chi connectivity index (χ1) is 9.15. The summed E-state index contributed by atoms with van der Waals surface area (Å²) in [5, 5.41) is 8.64. The smallest absolute Gasteiger partial charge is 0.144 e. The molecule has 0 saturated heterocycles. The molecule has 1 aliphatic carbocycles. The Labute approximate surface area is 111 Å². The van der Waals surface area contributed by atoms with E-state index in [0.717, 1.165) is 31.3 Å². The number of benzene rings is 1. The van der Waals surface area contributed by atoms with Crippen molar-refractivity contribution in [2.24, 2.45) is 0 Å². The van der Waals surface area contributed by atoms with Gasteiger partial charge in [0.25, 0.3) is 0 Å². The third-order valence-corrected chi connectivity index (χ3v) is 3.33. The largest absolute Gasteiger partial charge is 0.205 e. The van der Waals surface area contributed by atoms with Crippen LogP contribution in [0.15, 0.2) is 29.9 Å². The van der Waals surface area contributed by atoms with E-state index in [1.54, 1.807) is 0 Å². The maximum atomic E-state index is 13.6. The molecule has 0 aliphatic heterocycles. The Hall–Kier alpha value is -1.95. The number of halogens is 2. The molecule has 0 atom stereocenters. The number of rotatable bonds is 3. The first-order valence-electron chi connectivity index (χ1n) is 6.43. The van der Waals surface area contributed by atoms with Gasteiger partial charge in [0.05, 0.1) is 0 Å². The van der Waals surface area contributed by atoms with Gasteiger partial charge < -0.3 is 0 Å². The lowest BCUT2D eigenvalue weighted by atomic mass is 9.91. The number of hydrogen-bond acceptors (Lipinski definition) is 1. The summed E-state index contributed by atoms with van der Waals surface area (Å²) in [6.07, 6.45) is 7.86. The number of hydrogen-bond donors (Lipinski definition) is 0. The van der Waals surface area contributed by atoms with Gasteiger partial charge in [-0.05, 0) is 42.5 Å². The van der Waals surface area contributed by atoms with E-state index in [4.69, 9.17) is 5.26 Å². The molecule has 0 saturated carbocycles. The molecule has 0 radical (unpaired) electrons. The quantitative estimate of drug-likeness (QED) is 0.769. The summed E-state index contributed by atoms with van der Waals surface area (Å²) in [6, 6.07) is 4.02. The number of allylic oxidation sites excluding steroid dienone is 4. The van der Waals surface area contributed by atoms with Gasteiger partial charge in [-0.15, -0.1) is 0 Å². The van der Waals surface area contributed by atoms with Gasteiger partial charge in [-0.2, -0.15) is 5.26 Å². The predicted molar refractivity (Wildman–Crippen MR) is 71.3 cm³/mol. The Morgan fingerprint density at radius 1 is 1.16 bits per heavy atom.